The number of hydrogen-bond donors (Lipinski definition) is 1. The maximum atomic E-state index is 12.8. The third-order valence-electron chi connectivity index (χ3n) is 4.16. The number of para-hydroxylation sites is 1. The van der Waals surface area contributed by atoms with Crippen molar-refractivity contribution >= 4 is 34.4 Å². The Hall–Kier alpha value is -2.80. The molecule has 6 nitrogen and oxygen atoms in total. The van der Waals surface area contributed by atoms with Crippen molar-refractivity contribution in [3.63, 3.8) is 0 Å². The lowest BCUT2D eigenvalue weighted by molar-refractivity contribution is -0.130. The summed E-state index contributed by atoms with van der Waals surface area (Å²) < 4.78 is 5.18. The van der Waals surface area contributed by atoms with Gasteiger partial charge in [0.15, 0.2) is 5.17 Å². The van der Waals surface area contributed by atoms with Crippen LogP contribution in [0, 0.1) is 0 Å². The number of thioether (sulfide) groups is 1. The first-order valence-electron chi connectivity index (χ1n) is 8.56. The van der Waals surface area contributed by atoms with Crippen molar-refractivity contribution in [1.82, 2.24) is 10.2 Å². The van der Waals surface area contributed by atoms with E-state index in [1.165, 1.54) is 11.8 Å². The zero-order chi connectivity index (χ0) is 19.2. The van der Waals surface area contributed by atoms with Crippen molar-refractivity contribution in [3.05, 3.63) is 60.2 Å². The molecule has 140 valence electrons. The second-order valence-electron chi connectivity index (χ2n) is 5.98. The zero-order valence-electron chi connectivity index (χ0n) is 15.2. The molecule has 0 spiro atoms. The number of amidine groups is 1. The highest BCUT2D eigenvalue weighted by atomic mass is 32.2. The molecule has 1 saturated heterocycles. The number of aliphatic imine (C=N–C) groups is 1. The van der Waals surface area contributed by atoms with Crippen LogP contribution in [-0.4, -0.2) is 41.3 Å². The summed E-state index contributed by atoms with van der Waals surface area (Å²) in [4.78, 5) is 31.1. The number of benzene rings is 2. The van der Waals surface area contributed by atoms with Crippen molar-refractivity contribution in [2.45, 2.75) is 18.2 Å². The minimum absolute atomic E-state index is 0.118. The van der Waals surface area contributed by atoms with E-state index in [0.717, 1.165) is 17.0 Å². The maximum Gasteiger partial charge on any atom is 0.233 e. The molecular weight excluding hydrogens is 362 g/mol. The van der Waals surface area contributed by atoms with Gasteiger partial charge in [0.05, 0.1) is 24.6 Å². The fraction of sp³-hybridized carbons (Fsp3) is 0.250. The molecule has 27 heavy (non-hydrogen) atoms. The third-order valence-corrected chi connectivity index (χ3v) is 5.35. The van der Waals surface area contributed by atoms with Crippen LogP contribution in [0.5, 0.6) is 5.75 Å². The van der Waals surface area contributed by atoms with Crippen LogP contribution in [0.4, 0.5) is 5.69 Å². The van der Waals surface area contributed by atoms with E-state index in [-0.39, 0.29) is 18.2 Å². The van der Waals surface area contributed by atoms with Crippen LogP contribution in [0.3, 0.4) is 0 Å². The molecule has 0 radical (unpaired) electrons. The minimum atomic E-state index is -0.475. The number of nitrogens with one attached hydrogen (secondary N) is 1. The molecule has 2 aromatic carbocycles. The summed E-state index contributed by atoms with van der Waals surface area (Å²) in [6, 6.07) is 17.0. The number of hydrogen-bond acceptors (Lipinski definition) is 5. The maximum absolute atomic E-state index is 12.8. The predicted molar refractivity (Wildman–Crippen MR) is 107 cm³/mol. The number of rotatable bonds is 5. The van der Waals surface area contributed by atoms with Gasteiger partial charge >= 0.3 is 0 Å². The van der Waals surface area contributed by atoms with Crippen LogP contribution < -0.4 is 10.1 Å². The van der Waals surface area contributed by atoms with E-state index >= 15 is 0 Å². The Morgan fingerprint density at radius 2 is 1.93 bits per heavy atom. The third kappa shape index (κ3) is 4.68. The van der Waals surface area contributed by atoms with Gasteiger partial charge in [-0.05, 0) is 29.8 Å². The fourth-order valence-electron chi connectivity index (χ4n) is 2.68. The Labute approximate surface area is 162 Å². The SMILES string of the molecule is CNC(=O)[C@@H]1CC(=O)N(Cc2ccc(OC)cc2)C(=Nc2ccccc2)S1. The van der Waals surface area contributed by atoms with Gasteiger partial charge in [0, 0.05) is 13.5 Å². The lowest BCUT2D eigenvalue weighted by atomic mass is 10.2. The molecule has 1 fully saturated rings. The summed E-state index contributed by atoms with van der Waals surface area (Å²) >= 11 is 1.32. The Balaban J connectivity index is 1.89. The summed E-state index contributed by atoms with van der Waals surface area (Å²) in [5.74, 6) is 0.474. The van der Waals surface area contributed by atoms with E-state index in [9.17, 15) is 9.59 Å². The topological polar surface area (TPSA) is 71.0 Å². The van der Waals surface area contributed by atoms with E-state index < -0.39 is 5.25 Å². The van der Waals surface area contributed by atoms with Crippen molar-refractivity contribution in [2.75, 3.05) is 14.2 Å². The average molecular weight is 383 g/mol. The van der Waals surface area contributed by atoms with E-state index in [0.29, 0.717) is 11.7 Å². The van der Waals surface area contributed by atoms with Gasteiger partial charge in [0.25, 0.3) is 0 Å². The quantitative estimate of drug-likeness (QED) is 0.862. The monoisotopic (exact) mass is 383 g/mol. The van der Waals surface area contributed by atoms with Crippen molar-refractivity contribution in [1.29, 1.82) is 0 Å². The highest BCUT2D eigenvalue weighted by molar-refractivity contribution is 8.15. The van der Waals surface area contributed by atoms with E-state index in [1.54, 1.807) is 19.1 Å². The lowest BCUT2D eigenvalue weighted by Gasteiger charge is -2.31. The number of nitrogens with zero attached hydrogens (tertiary/aromatic N) is 2. The van der Waals surface area contributed by atoms with Crippen LogP contribution in [0.2, 0.25) is 0 Å². The molecule has 3 rings (SSSR count). The molecule has 2 aromatic rings. The predicted octanol–water partition coefficient (Wildman–Crippen LogP) is 2.96. The van der Waals surface area contributed by atoms with Gasteiger partial charge < -0.3 is 10.1 Å². The Bertz CT molecular complexity index is 837. The van der Waals surface area contributed by atoms with E-state index in [1.807, 2.05) is 54.6 Å². The van der Waals surface area contributed by atoms with E-state index in [2.05, 4.69) is 10.3 Å². The molecule has 7 heteroatoms. The van der Waals surface area contributed by atoms with Gasteiger partial charge in [-0.2, -0.15) is 0 Å². The number of carbonyl (C=O) groups is 2. The first kappa shape index (κ1) is 19.0. The largest absolute Gasteiger partial charge is 0.497 e. The first-order valence-corrected chi connectivity index (χ1v) is 9.44. The molecular formula is C20H21N3O3S. The number of carbonyl (C=O) groups excluding carboxylic acids is 2. The second-order valence-corrected chi connectivity index (χ2v) is 7.15. The van der Waals surface area contributed by atoms with Gasteiger partial charge in [-0.15, -0.1) is 0 Å². The summed E-state index contributed by atoms with van der Waals surface area (Å²) in [6.45, 7) is 0.391. The molecule has 0 aromatic heterocycles. The van der Waals surface area contributed by atoms with Gasteiger partial charge in [-0.3, -0.25) is 14.5 Å². The molecule has 1 N–H and O–H groups in total. The van der Waals surface area contributed by atoms with Gasteiger partial charge in [0.1, 0.15) is 5.75 Å². The van der Waals surface area contributed by atoms with Crippen molar-refractivity contribution in [3.8, 4) is 5.75 Å². The zero-order valence-corrected chi connectivity index (χ0v) is 16.0. The van der Waals surface area contributed by atoms with Crippen LogP contribution >= 0.6 is 11.8 Å². The standard InChI is InChI=1S/C20H21N3O3S/c1-21-19(25)17-12-18(24)23(13-14-8-10-16(26-2)11-9-14)20(27-17)22-15-6-4-3-5-7-15/h3-11,17H,12-13H2,1-2H3,(H,21,25)/t17-/m0/s1. The average Bonchev–Trinajstić information content (AvgIpc) is 2.71. The molecule has 0 aliphatic carbocycles. The summed E-state index contributed by atoms with van der Waals surface area (Å²) in [5, 5.41) is 2.67. The molecule has 0 saturated carbocycles. The Morgan fingerprint density at radius 3 is 2.56 bits per heavy atom. The highest BCUT2D eigenvalue weighted by Gasteiger charge is 2.35. The van der Waals surface area contributed by atoms with Gasteiger partial charge in [-0.25, -0.2) is 4.99 Å². The smallest absolute Gasteiger partial charge is 0.233 e. The normalized spacial score (nSPS) is 18.4. The minimum Gasteiger partial charge on any atom is -0.497 e. The Kier molecular flexibility index (Phi) is 6.13. The molecule has 1 heterocycles. The fourth-order valence-corrected chi connectivity index (χ4v) is 3.84. The molecule has 1 atom stereocenters. The van der Waals surface area contributed by atoms with Crippen molar-refractivity contribution in [2.24, 2.45) is 4.99 Å². The molecule has 0 unspecified atom stereocenters. The summed E-state index contributed by atoms with van der Waals surface area (Å²) in [6.07, 6.45) is 0.147. The lowest BCUT2D eigenvalue weighted by Crippen LogP contribution is -2.45. The van der Waals surface area contributed by atoms with Crippen LogP contribution in [0.1, 0.15) is 12.0 Å². The van der Waals surface area contributed by atoms with Crippen LogP contribution in [-0.2, 0) is 16.1 Å². The first-order chi connectivity index (χ1) is 13.1. The highest BCUT2D eigenvalue weighted by Crippen LogP contribution is 2.30. The van der Waals surface area contributed by atoms with E-state index in [4.69, 9.17) is 4.74 Å². The number of ether oxygens (including phenoxy) is 1. The molecule has 2 amide bonds. The van der Waals surface area contributed by atoms with Gasteiger partial charge in [-0.1, -0.05) is 42.1 Å². The number of methoxy groups -OCH3 is 1. The molecule has 1 aliphatic rings. The summed E-state index contributed by atoms with van der Waals surface area (Å²) in [5.41, 5.74) is 1.70. The number of amides is 2. The van der Waals surface area contributed by atoms with Crippen LogP contribution in [0.15, 0.2) is 59.6 Å². The molecule has 1 aliphatic heterocycles. The van der Waals surface area contributed by atoms with Crippen LogP contribution in [0.25, 0.3) is 0 Å². The molecule has 0 bridgehead atoms. The Morgan fingerprint density at radius 1 is 1.22 bits per heavy atom. The van der Waals surface area contributed by atoms with Crippen molar-refractivity contribution < 1.29 is 14.3 Å². The second kappa shape index (κ2) is 8.73. The van der Waals surface area contributed by atoms with Gasteiger partial charge in [0.2, 0.25) is 11.8 Å². The summed E-state index contributed by atoms with van der Waals surface area (Å²) in [7, 11) is 3.19.